The van der Waals surface area contributed by atoms with Crippen molar-refractivity contribution in [1.82, 2.24) is 9.80 Å². The number of nitrogens with zero attached hydrogens (tertiary/aromatic N) is 3. The van der Waals surface area contributed by atoms with Crippen LogP contribution in [0.3, 0.4) is 0 Å². The van der Waals surface area contributed by atoms with Crippen LogP contribution in [0.1, 0.15) is 35.9 Å². The lowest BCUT2D eigenvalue weighted by Gasteiger charge is -2.48. The molecule has 0 spiro atoms. The van der Waals surface area contributed by atoms with E-state index < -0.39 is 36.7 Å². The molecule has 1 saturated heterocycles. The molecular formula is C21H20F3N3O4. The van der Waals surface area contributed by atoms with Gasteiger partial charge in [0.05, 0.1) is 24.1 Å². The van der Waals surface area contributed by atoms with Gasteiger partial charge in [0.15, 0.2) is 0 Å². The number of halogens is 3. The monoisotopic (exact) mass is 435 g/mol. The second-order valence-electron chi connectivity index (χ2n) is 7.80. The molecule has 10 heteroatoms. The summed E-state index contributed by atoms with van der Waals surface area (Å²) in [4.78, 5) is 42.0. The van der Waals surface area contributed by atoms with Crippen molar-refractivity contribution >= 4 is 23.4 Å². The molecule has 7 nitrogen and oxygen atoms in total. The molecule has 2 aliphatic heterocycles. The Morgan fingerprint density at radius 1 is 1.19 bits per heavy atom. The number of para-hydroxylation sites is 1. The zero-order chi connectivity index (χ0) is 22.4. The molecule has 1 atom stereocenters. The highest BCUT2D eigenvalue weighted by Gasteiger charge is 2.53. The zero-order valence-corrected chi connectivity index (χ0v) is 16.7. The standard InChI is InChI=1S/C21H20F3N3O4/c1-20-9-8-17(28)27(20)16-7-3-2-6-15(16)19(30)26(20)12-18(29)25(13-21(22,23)24)11-14-5-4-10-31-14/h2-7,10H,8-9,11-13H2,1H3. The summed E-state index contributed by atoms with van der Waals surface area (Å²) in [6, 6.07) is 9.51. The number of benzene rings is 1. The van der Waals surface area contributed by atoms with E-state index in [1.807, 2.05) is 0 Å². The Balaban J connectivity index is 1.65. The molecule has 0 N–H and O–H groups in total. The second kappa shape index (κ2) is 7.44. The Morgan fingerprint density at radius 2 is 1.94 bits per heavy atom. The van der Waals surface area contributed by atoms with Crippen LogP contribution in [-0.2, 0) is 16.1 Å². The number of amides is 3. The van der Waals surface area contributed by atoms with Gasteiger partial charge in [-0.3, -0.25) is 19.3 Å². The van der Waals surface area contributed by atoms with Crippen molar-refractivity contribution in [2.24, 2.45) is 0 Å². The molecule has 1 aromatic heterocycles. The molecule has 2 aliphatic rings. The Hall–Kier alpha value is -3.30. The van der Waals surface area contributed by atoms with Crippen molar-refractivity contribution in [3.63, 3.8) is 0 Å². The predicted octanol–water partition coefficient (Wildman–Crippen LogP) is 3.17. The molecule has 1 unspecified atom stereocenters. The number of fused-ring (bicyclic) bond motifs is 3. The van der Waals surface area contributed by atoms with Crippen LogP contribution in [0.2, 0.25) is 0 Å². The molecule has 3 amide bonds. The van der Waals surface area contributed by atoms with Crippen LogP contribution in [0.4, 0.5) is 18.9 Å². The van der Waals surface area contributed by atoms with Crippen molar-refractivity contribution in [3.8, 4) is 0 Å². The van der Waals surface area contributed by atoms with Gasteiger partial charge in [-0.1, -0.05) is 12.1 Å². The number of alkyl halides is 3. The van der Waals surface area contributed by atoms with E-state index in [0.29, 0.717) is 10.6 Å². The molecule has 4 rings (SSSR count). The minimum atomic E-state index is -4.62. The molecular weight excluding hydrogens is 415 g/mol. The van der Waals surface area contributed by atoms with Gasteiger partial charge < -0.3 is 14.2 Å². The van der Waals surface area contributed by atoms with Gasteiger partial charge in [-0.2, -0.15) is 13.2 Å². The van der Waals surface area contributed by atoms with Crippen molar-refractivity contribution in [3.05, 3.63) is 54.0 Å². The first-order chi connectivity index (χ1) is 14.6. The van der Waals surface area contributed by atoms with E-state index in [-0.39, 0.29) is 36.6 Å². The first-order valence-electron chi connectivity index (χ1n) is 9.71. The van der Waals surface area contributed by atoms with E-state index in [4.69, 9.17) is 4.42 Å². The third-order valence-corrected chi connectivity index (χ3v) is 5.69. The first kappa shape index (κ1) is 21.0. The average molecular weight is 435 g/mol. The highest BCUT2D eigenvalue weighted by molar-refractivity contribution is 6.11. The minimum Gasteiger partial charge on any atom is -0.467 e. The largest absolute Gasteiger partial charge is 0.467 e. The van der Waals surface area contributed by atoms with Gasteiger partial charge in [0.1, 0.15) is 24.5 Å². The fourth-order valence-electron chi connectivity index (χ4n) is 4.22. The van der Waals surface area contributed by atoms with Gasteiger partial charge in [0, 0.05) is 6.42 Å². The van der Waals surface area contributed by atoms with E-state index in [1.165, 1.54) is 34.3 Å². The maximum atomic E-state index is 13.2. The molecule has 1 aromatic carbocycles. The topological polar surface area (TPSA) is 74.1 Å². The van der Waals surface area contributed by atoms with Crippen LogP contribution >= 0.6 is 0 Å². The van der Waals surface area contributed by atoms with Gasteiger partial charge in [-0.25, -0.2) is 0 Å². The van der Waals surface area contributed by atoms with E-state index >= 15 is 0 Å². The fourth-order valence-corrected chi connectivity index (χ4v) is 4.22. The van der Waals surface area contributed by atoms with E-state index in [1.54, 1.807) is 25.1 Å². The fraction of sp³-hybridized carbons (Fsp3) is 0.381. The smallest absolute Gasteiger partial charge is 0.406 e. The van der Waals surface area contributed by atoms with Crippen LogP contribution in [0, 0.1) is 0 Å². The predicted molar refractivity (Wildman–Crippen MR) is 103 cm³/mol. The average Bonchev–Trinajstić information content (AvgIpc) is 3.32. The van der Waals surface area contributed by atoms with Crippen LogP contribution in [-0.4, -0.2) is 52.5 Å². The third-order valence-electron chi connectivity index (χ3n) is 5.69. The SMILES string of the molecule is CC12CCC(=O)N1c1ccccc1C(=O)N2CC(=O)N(Cc1ccco1)CC(F)(F)F. The quantitative estimate of drug-likeness (QED) is 0.723. The number of anilines is 1. The number of rotatable bonds is 5. The van der Waals surface area contributed by atoms with Gasteiger partial charge >= 0.3 is 6.18 Å². The molecule has 2 aromatic rings. The summed E-state index contributed by atoms with van der Waals surface area (Å²) >= 11 is 0. The van der Waals surface area contributed by atoms with Crippen molar-refractivity contribution in [2.75, 3.05) is 18.0 Å². The highest BCUT2D eigenvalue weighted by atomic mass is 19.4. The van der Waals surface area contributed by atoms with E-state index in [2.05, 4.69) is 0 Å². The summed E-state index contributed by atoms with van der Waals surface area (Å²) in [7, 11) is 0. The minimum absolute atomic E-state index is 0.168. The molecule has 0 radical (unpaired) electrons. The van der Waals surface area contributed by atoms with Crippen LogP contribution in [0.15, 0.2) is 47.1 Å². The molecule has 31 heavy (non-hydrogen) atoms. The molecule has 3 heterocycles. The highest BCUT2D eigenvalue weighted by Crippen LogP contribution is 2.43. The van der Waals surface area contributed by atoms with Crippen LogP contribution < -0.4 is 4.90 Å². The second-order valence-corrected chi connectivity index (χ2v) is 7.80. The maximum Gasteiger partial charge on any atom is 0.406 e. The maximum absolute atomic E-state index is 13.2. The van der Waals surface area contributed by atoms with Crippen molar-refractivity contribution in [1.29, 1.82) is 0 Å². The lowest BCUT2D eigenvalue weighted by molar-refractivity contribution is -0.163. The van der Waals surface area contributed by atoms with Gasteiger partial charge in [-0.15, -0.1) is 0 Å². The Kier molecular flexibility index (Phi) is 5.03. The summed E-state index contributed by atoms with van der Waals surface area (Å²) in [6.45, 7) is -0.808. The Labute approximate surface area is 176 Å². The zero-order valence-electron chi connectivity index (χ0n) is 16.7. The summed E-state index contributed by atoms with van der Waals surface area (Å²) in [5.74, 6) is -1.40. The molecule has 164 valence electrons. The van der Waals surface area contributed by atoms with Crippen LogP contribution in [0.5, 0.6) is 0 Å². The van der Waals surface area contributed by atoms with Gasteiger partial charge in [0.25, 0.3) is 5.91 Å². The third kappa shape index (κ3) is 3.77. The lowest BCUT2D eigenvalue weighted by Crippen LogP contribution is -2.64. The summed E-state index contributed by atoms with van der Waals surface area (Å²) < 4.78 is 44.5. The first-order valence-corrected chi connectivity index (χ1v) is 9.71. The Bertz CT molecular complexity index is 1020. The number of furan rings is 1. The normalized spacial score (nSPS) is 20.6. The lowest BCUT2D eigenvalue weighted by atomic mass is 9.98. The number of hydrogen-bond acceptors (Lipinski definition) is 4. The number of carbonyl (C=O) groups excluding carboxylic acids is 3. The summed E-state index contributed by atoms with van der Waals surface area (Å²) in [6.07, 6.45) is -2.88. The molecule has 1 fully saturated rings. The number of carbonyl (C=O) groups is 3. The molecule has 0 aliphatic carbocycles. The van der Waals surface area contributed by atoms with Gasteiger partial charge in [0.2, 0.25) is 11.8 Å². The van der Waals surface area contributed by atoms with E-state index in [0.717, 1.165) is 0 Å². The van der Waals surface area contributed by atoms with Crippen LogP contribution in [0.25, 0.3) is 0 Å². The molecule has 0 bridgehead atoms. The summed E-state index contributed by atoms with van der Waals surface area (Å²) in [5.41, 5.74) is -0.451. The summed E-state index contributed by atoms with van der Waals surface area (Å²) in [5, 5.41) is 0. The van der Waals surface area contributed by atoms with Gasteiger partial charge in [-0.05, 0) is 37.6 Å². The number of hydrogen-bond donors (Lipinski definition) is 0. The molecule has 0 saturated carbocycles. The Morgan fingerprint density at radius 3 is 2.61 bits per heavy atom. The van der Waals surface area contributed by atoms with E-state index in [9.17, 15) is 27.6 Å². The van der Waals surface area contributed by atoms with Crippen molar-refractivity contribution in [2.45, 2.75) is 38.1 Å². The van der Waals surface area contributed by atoms with Crippen molar-refractivity contribution < 1.29 is 32.0 Å².